The van der Waals surface area contributed by atoms with Crippen molar-refractivity contribution >= 4 is 17.5 Å². The molecular weight excluding hydrogens is 410 g/mol. The van der Waals surface area contributed by atoms with Crippen LogP contribution in [-0.4, -0.2) is 21.2 Å². The Hall–Kier alpha value is -3.99. The van der Waals surface area contributed by atoms with Crippen molar-refractivity contribution in [1.82, 2.24) is 9.55 Å². The minimum atomic E-state index is -0.168. The lowest BCUT2D eigenvalue weighted by Crippen LogP contribution is -2.18. The molecule has 0 aliphatic heterocycles. The normalized spacial score (nSPS) is 10.7. The number of aromatic nitrogens is 2. The van der Waals surface area contributed by atoms with Gasteiger partial charge in [0.1, 0.15) is 5.82 Å². The summed E-state index contributed by atoms with van der Waals surface area (Å²) in [7, 11) is 1.81. The van der Waals surface area contributed by atoms with Gasteiger partial charge in [-0.15, -0.1) is 0 Å². The van der Waals surface area contributed by atoms with Crippen LogP contribution in [0, 0.1) is 6.92 Å². The number of carbonyl (C=O) groups is 2. The summed E-state index contributed by atoms with van der Waals surface area (Å²) < 4.78 is 1.78. The van der Waals surface area contributed by atoms with Gasteiger partial charge in [-0.05, 0) is 55.2 Å². The zero-order valence-electron chi connectivity index (χ0n) is 18.9. The van der Waals surface area contributed by atoms with Crippen LogP contribution in [0.15, 0.2) is 85.1 Å². The summed E-state index contributed by atoms with van der Waals surface area (Å²) in [5.41, 5.74) is 5.46. The standard InChI is InChI=1S/C28H27N3O2/c1-20-8-12-23(13-9-20)28(33)25-15-14-24(31(25)2)19-27(32)30-26-18-22(16-17-29-26)11-10-21-6-4-3-5-7-21/h3-9,12-18H,10-11,19H2,1-2H3,(H,29,30,32). The maximum absolute atomic E-state index is 12.8. The van der Waals surface area contributed by atoms with Gasteiger partial charge < -0.3 is 9.88 Å². The van der Waals surface area contributed by atoms with Crippen molar-refractivity contribution in [3.63, 3.8) is 0 Å². The summed E-state index contributed by atoms with van der Waals surface area (Å²) in [6.07, 6.45) is 3.68. The predicted molar refractivity (Wildman–Crippen MR) is 130 cm³/mol. The summed E-state index contributed by atoms with van der Waals surface area (Å²) in [4.78, 5) is 29.8. The van der Waals surface area contributed by atoms with E-state index in [1.807, 2.05) is 74.6 Å². The smallest absolute Gasteiger partial charge is 0.231 e. The molecule has 2 aromatic carbocycles. The third-order valence-corrected chi connectivity index (χ3v) is 5.75. The minimum absolute atomic E-state index is 0.0584. The lowest BCUT2D eigenvalue weighted by Gasteiger charge is -2.09. The molecule has 0 spiro atoms. The number of aryl methyl sites for hydroxylation is 3. The van der Waals surface area contributed by atoms with E-state index in [9.17, 15) is 9.59 Å². The Labute approximate surface area is 194 Å². The van der Waals surface area contributed by atoms with E-state index >= 15 is 0 Å². The lowest BCUT2D eigenvalue weighted by molar-refractivity contribution is -0.115. The quantitative estimate of drug-likeness (QED) is 0.398. The molecule has 5 nitrogen and oxygen atoms in total. The molecular formula is C28H27N3O2. The van der Waals surface area contributed by atoms with Gasteiger partial charge in [0, 0.05) is 24.5 Å². The van der Waals surface area contributed by atoms with Gasteiger partial charge in [0.25, 0.3) is 0 Å². The van der Waals surface area contributed by atoms with E-state index in [1.165, 1.54) is 5.56 Å². The third kappa shape index (κ3) is 5.63. The molecule has 0 radical (unpaired) electrons. The molecule has 0 fully saturated rings. The summed E-state index contributed by atoms with van der Waals surface area (Å²) in [6, 6.07) is 25.3. The fraction of sp³-hybridized carbons (Fsp3) is 0.179. The third-order valence-electron chi connectivity index (χ3n) is 5.75. The Morgan fingerprint density at radius 2 is 1.61 bits per heavy atom. The number of hydrogen-bond donors (Lipinski definition) is 1. The van der Waals surface area contributed by atoms with Crippen LogP contribution in [0.2, 0.25) is 0 Å². The molecule has 0 atom stereocenters. The Balaban J connectivity index is 1.38. The number of nitrogens with one attached hydrogen (secondary N) is 1. The van der Waals surface area contributed by atoms with Gasteiger partial charge in [-0.1, -0.05) is 60.2 Å². The van der Waals surface area contributed by atoms with Gasteiger partial charge in [0.15, 0.2) is 0 Å². The van der Waals surface area contributed by atoms with Gasteiger partial charge in [0.2, 0.25) is 11.7 Å². The number of carbonyl (C=O) groups excluding carboxylic acids is 2. The SMILES string of the molecule is Cc1ccc(C(=O)c2ccc(CC(=O)Nc3cc(CCc4ccccc4)ccn3)n2C)cc1. The number of rotatable bonds is 8. The van der Waals surface area contributed by atoms with Crippen LogP contribution in [0.3, 0.4) is 0 Å². The molecule has 166 valence electrons. The van der Waals surface area contributed by atoms with Crippen LogP contribution in [-0.2, 0) is 31.1 Å². The van der Waals surface area contributed by atoms with Crippen molar-refractivity contribution < 1.29 is 9.59 Å². The molecule has 1 N–H and O–H groups in total. The first kappa shape index (κ1) is 22.2. The highest BCUT2D eigenvalue weighted by molar-refractivity contribution is 6.08. The fourth-order valence-electron chi connectivity index (χ4n) is 3.79. The number of benzene rings is 2. The average Bonchev–Trinajstić information content (AvgIpc) is 3.18. The van der Waals surface area contributed by atoms with Gasteiger partial charge >= 0.3 is 0 Å². The number of pyridine rings is 1. The predicted octanol–water partition coefficient (Wildman–Crippen LogP) is 4.93. The van der Waals surface area contributed by atoms with E-state index in [4.69, 9.17) is 0 Å². The molecule has 33 heavy (non-hydrogen) atoms. The van der Waals surface area contributed by atoms with E-state index < -0.39 is 0 Å². The number of ketones is 1. The zero-order valence-corrected chi connectivity index (χ0v) is 18.9. The van der Waals surface area contributed by atoms with Gasteiger partial charge in [-0.2, -0.15) is 0 Å². The van der Waals surface area contributed by atoms with Gasteiger partial charge in [-0.25, -0.2) is 4.98 Å². The molecule has 0 bridgehead atoms. The minimum Gasteiger partial charge on any atom is -0.344 e. The van der Waals surface area contributed by atoms with Gasteiger partial charge in [0.05, 0.1) is 12.1 Å². The molecule has 0 unspecified atom stereocenters. The Kier molecular flexibility index (Phi) is 6.79. The molecule has 2 heterocycles. The Morgan fingerprint density at radius 3 is 2.36 bits per heavy atom. The first-order chi connectivity index (χ1) is 16.0. The maximum atomic E-state index is 12.8. The summed E-state index contributed by atoms with van der Waals surface area (Å²) >= 11 is 0. The largest absolute Gasteiger partial charge is 0.344 e. The average molecular weight is 438 g/mol. The van der Waals surface area contributed by atoms with E-state index in [1.54, 1.807) is 16.8 Å². The van der Waals surface area contributed by atoms with E-state index in [2.05, 4.69) is 22.4 Å². The summed E-state index contributed by atoms with van der Waals surface area (Å²) in [5.74, 6) is 0.311. The Morgan fingerprint density at radius 1 is 0.879 bits per heavy atom. The molecule has 0 saturated heterocycles. The van der Waals surface area contributed by atoms with Crippen molar-refractivity contribution in [1.29, 1.82) is 0 Å². The monoisotopic (exact) mass is 437 g/mol. The zero-order chi connectivity index (χ0) is 23.2. The summed E-state index contributed by atoms with van der Waals surface area (Å²) in [6.45, 7) is 1.99. The highest BCUT2D eigenvalue weighted by Gasteiger charge is 2.16. The maximum Gasteiger partial charge on any atom is 0.231 e. The van der Waals surface area contributed by atoms with E-state index in [0.717, 1.165) is 29.7 Å². The van der Waals surface area contributed by atoms with Crippen LogP contribution in [0.25, 0.3) is 0 Å². The van der Waals surface area contributed by atoms with Crippen LogP contribution in [0.5, 0.6) is 0 Å². The second-order valence-corrected chi connectivity index (χ2v) is 8.22. The number of hydrogen-bond acceptors (Lipinski definition) is 3. The second kappa shape index (κ2) is 10.1. The first-order valence-corrected chi connectivity index (χ1v) is 11.0. The number of amides is 1. The number of nitrogens with zero attached hydrogens (tertiary/aromatic N) is 2. The molecule has 5 heteroatoms. The first-order valence-electron chi connectivity index (χ1n) is 11.0. The molecule has 4 rings (SSSR count). The van der Waals surface area contributed by atoms with Crippen LogP contribution in [0.4, 0.5) is 5.82 Å². The van der Waals surface area contributed by atoms with E-state index in [-0.39, 0.29) is 18.1 Å². The molecule has 4 aromatic rings. The van der Waals surface area contributed by atoms with E-state index in [0.29, 0.717) is 17.1 Å². The van der Waals surface area contributed by atoms with Crippen molar-refractivity contribution in [3.8, 4) is 0 Å². The van der Waals surface area contributed by atoms with Crippen molar-refractivity contribution in [2.75, 3.05) is 5.32 Å². The second-order valence-electron chi connectivity index (χ2n) is 8.22. The van der Waals surface area contributed by atoms with Crippen LogP contribution < -0.4 is 5.32 Å². The van der Waals surface area contributed by atoms with Crippen molar-refractivity contribution in [2.45, 2.75) is 26.2 Å². The van der Waals surface area contributed by atoms with Gasteiger partial charge in [-0.3, -0.25) is 9.59 Å². The van der Waals surface area contributed by atoms with Crippen LogP contribution >= 0.6 is 0 Å². The lowest BCUT2D eigenvalue weighted by atomic mass is 10.1. The molecule has 1 amide bonds. The molecule has 0 aliphatic rings. The highest BCUT2D eigenvalue weighted by atomic mass is 16.1. The Bertz CT molecular complexity index is 1260. The molecule has 2 aromatic heterocycles. The molecule has 0 aliphatic carbocycles. The van der Waals surface area contributed by atoms with Crippen molar-refractivity contribution in [3.05, 3.63) is 119 Å². The number of anilines is 1. The fourth-order valence-corrected chi connectivity index (χ4v) is 3.79. The molecule has 0 saturated carbocycles. The highest BCUT2D eigenvalue weighted by Crippen LogP contribution is 2.16. The summed E-state index contributed by atoms with van der Waals surface area (Å²) in [5, 5.41) is 2.88. The van der Waals surface area contributed by atoms with Crippen LogP contribution in [0.1, 0.15) is 38.4 Å². The van der Waals surface area contributed by atoms with Crippen molar-refractivity contribution in [2.24, 2.45) is 7.05 Å². The topological polar surface area (TPSA) is 64.0 Å².